The van der Waals surface area contributed by atoms with Crippen molar-refractivity contribution in [3.05, 3.63) is 29.8 Å². The average Bonchev–Trinajstić information content (AvgIpc) is 2.23. The van der Waals surface area contributed by atoms with Crippen LogP contribution in [0.15, 0.2) is 24.3 Å². The molecule has 0 unspecified atom stereocenters. The van der Waals surface area contributed by atoms with Crippen LogP contribution in [-0.2, 0) is 4.79 Å². The number of amides is 1. The number of benzene rings is 1. The van der Waals surface area contributed by atoms with Crippen molar-refractivity contribution < 1.29 is 4.79 Å². The molecule has 17 heavy (non-hydrogen) atoms. The molecule has 0 radical (unpaired) electrons. The Bertz CT molecular complexity index is 401. The lowest BCUT2D eigenvalue weighted by atomic mass is 10.2. The zero-order valence-corrected chi connectivity index (χ0v) is 12.0. The minimum absolute atomic E-state index is 0.519. The lowest BCUT2D eigenvalue weighted by Gasteiger charge is -2.25. The molecule has 0 atom stereocenters. The summed E-state index contributed by atoms with van der Waals surface area (Å²) in [5, 5.41) is 0. The van der Waals surface area contributed by atoms with E-state index in [1.54, 1.807) is 0 Å². The van der Waals surface area contributed by atoms with Crippen molar-refractivity contribution in [1.82, 2.24) is 0 Å². The van der Waals surface area contributed by atoms with Crippen LogP contribution in [0.3, 0.4) is 0 Å². The van der Waals surface area contributed by atoms with Gasteiger partial charge in [0, 0.05) is 12.2 Å². The van der Waals surface area contributed by atoms with Gasteiger partial charge in [0.25, 0.3) is 9.70 Å². The van der Waals surface area contributed by atoms with E-state index in [0.717, 1.165) is 17.7 Å². The molecule has 0 heterocycles. The summed E-state index contributed by atoms with van der Waals surface area (Å²) >= 11 is 16.9. The van der Waals surface area contributed by atoms with Gasteiger partial charge in [-0.15, -0.1) is 0 Å². The van der Waals surface area contributed by atoms with Crippen molar-refractivity contribution in [2.75, 3.05) is 11.4 Å². The molecular formula is C12H14Cl3NO. The van der Waals surface area contributed by atoms with Crippen molar-refractivity contribution in [1.29, 1.82) is 0 Å². The highest BCUT2D eigenvalue weighted by atomic mass is 35.6. The zero-order chi connectivity index (χ0) is 13.1. The Labute approximate surface area is 116 Å². The molecular weight excluding hydrogens is 280 g/mol. The van der Waals surface area contributed by atoms with E-state index in [-0.39, 0.29) is 0 Å². The minimum atomic E-state index is -1.92. The third-order valence-corrected chi connectivity index (χ3v) is 2.73. The molecule has 1 rings (SSSR count). The van der Waals surface area contributed by atoms with Gasteiger partial charge in [0.2, 0.25) is 0 Å². The molecule has 0 saturated heterocycles. The summed E-state index contributed by atoms with van der Waals surface area (Å²) < 4.78 is -1.92. The van der Waals surface area contributed by atoms with Gasteiger partial charge in [-0.1, -0.05) is 53.9 Å². The summed E-state index contributed by atoms with van der Waals surface area (Å²) in [4.78, 5) is 13.5. The van der Waals surface area contributed by atoms with Gasteiger partial charge < -0.3 is 4.90 Å². The van der Waals surface area contributed by atoms with E-state index in [9.17, 15) is 4.79 Å². The van der Waals surface area contributed by atoms with Crippen LogP contribution in [0.2, 0.25) is 0 Å². The average molecular weight is 295 g/mol. The Balaban J connectivity index is 3.05. The standard InChI is InChI=1S/C12H14Cl3NO/c1-3-7-16(11(17)12(13,14)15)10-6-4-5-9(2)8-10/h4-6,8H,3,7H2,1-2H3. The molecule has 1 amide bonds. The number of halogens is 3. The van der Waals surface area contributed by atoms with Crippen molar-refractivity contribution in [3.63, 3.8) is 0 Å². The summed E-state index contributed by atoms with van der Waals surface area (Å²) in [6.45, 7) is 4.44. The summed E-state index contributed by atoms with van der Waals surface area (Å²) in [7, 11) is 0. The second-order valence-electron chi connectivity index (χ2n) is 3.79. The molecule has 0 aliphatic rings. The topological polar surface area (TPSA) is 20.3 Å². The molecule has 5 heteroatoms. The number of nitrogens with zero attached hydrogens (tertiary/aromatic N) is 1. The van der Waals surface area contributed by atoms with E-state index in [4.69, 9.17) is 34.8 Å². The SMILES string of the molecule is CCCN(C(=O)C(Cl)(Cl)Cl)c1cccc(C)c1. The number of rotatable bonds is 3. The normalized spacial score (nSPS) is 11.4. The largest absolute Gasteiger partial charge is 0.309 e. The number of hydrogen-bond donors (Lipinski definition) is 0. The van der Waals surface area contributed by atoms with E-state index in [1.165, 1.54) is 4.90 Å². The predicted octanol–water partition coefficient (Wildman–Crippen LogP) is 4.11. The minimum Gasteiger partial charge on any atom is -0.309 e. The van der Waals surface area contributed by atoms with Crippen LogP contribution in [-0.4, -0.2) is 16.2 Å². The summed E-state index contributed by atoms with van der Waals surface area (Å²) in [6, 6.07) is 7.55. The maximum Gasteiger partial charge on any atom is 0.279 e. The molecule has 0 bridgehead atoms. The maximum atomic E-state index is 12.0. The number of alkyl halides is 3. The predicted molar refractivity (Wildman–Crippen MR) is 74.1 cm³/mol. The van der Waals surface area contributed by atoms with E-state index < -0.39 is 9.70 Å². The number of carbonyl (C=O) groups is 1. The monoisotopic (exact) mass is 293 g/mol. The highest BCUT2D eigenvalue weighted by Crippen LogP contribution is 2.31. The van der Waals surface area contributed by atoms with Gasteiger partial charge in [-0.25, -0.2) is 0 Å². The van der Waals surface area contributed by atoms with Crippen LogP contribution in [0.1, 0.15) is 18.9 Å². The fraction of sp³-hybridized carbons (Fsp3) is 0.417. The van der Waals surface area contributed by atoms with E-state index >= 15 is 0 Å². The van der Waals surface area contributed by atoms with Crippen molar-refractivity contribution in [3.8, 4) is 0 Å². The Morgan fingerprint density at radius 1 is 1.35 bits per heavy atom. The number of carbonyl (C=O) groups excluding carboxylic acids is 1. The number of anilines is 1. The molecule has 0 aliphatic carbocycles. The van der Waals surface area contributed by atoms with Gasteiger partial charge in [-0.05, 0) is 31.0 Å². The first-order chi connectivity index (χ1) is 7.86. The van der Waals surface area contributed by atoms with Crippen LogP contribution >= 0.6 is 34.8 Å². The van der Waals surface area contributed by atoms with Crippen molar-refractivity contribution >= 4 is 46.4 Å². The molecule has 0 aromatic heterocycles. The third kappa shape index (κ3) is 4.06. The van der Waals surface area contributed by atoms with E-state index in [1.807, 2.05) is 38.1 Å². The second kappa shape index (κ2) is 5.94. The maximum absolute atomic E-state index is 12.0. The first-order valence-electron chi connectivity index (χ1n) is 5.31. The molecule has 0 N–H and O–H groups in total. The van der Waals surface area contributed by atoms with Crippen LogP contribution in [0.5, 0.6) is 0 Å². The van der Waals surface area contributed by atoms with E-state index in [0.29, 0.717) is 6.54 Å². The Hall–Kier alpha value is -0.440. The van der Waals surface area contributed by atoms with E-state index in [2.05, 4.69) is 0 Å². The second-order valence-corrected chi connectivity index (χ2v) is 6.07. The quantitative estimate of drug-likeness (QED) is 0.768. The lowest BCUT2D eigenvalue weighted by molar-refractivity contribution is -0.117. The van der Waals surface area contributed by atoms with Crippen LogP contribution < -0.4 is 4.90 Å². The number of hydrogen-bond acceptors (Lipinski definition) is 1. The van der Waals surface area contributed by atoms with Crippen LogP contribution in [0.4, 0.5) is 5.69 Å². The Kier molecular flexibility index (Phi) is 5.11. The van der Waals surface area contributed by atoms with Crippen molar-refractivity contribution in [2.45, 2.75) is 24.1 Å². The molecule has 1 aromatic rings. The summed E-state index contributed by atoms with van der Waals surface area (Å²) in [5.74, 6) is -0.519. The first kappa shape index (κ1) is 14.6. The van der Waals surface area contributed by atoms with Gasteiger partial charge in [-0.3, -0.25) is 4.79 Å². The summed E-state index contributed by atoms with van der Waals surface area (Å²) in [6.07, 6.45) is 0.792. The molecule has 2 nitrogen and oxygen atoms in total. The zero-order valence-electron chi connectivity index (χ0n) is 9.71. The lowest BCUT2D eigenvalue weighted by Crippen LogP contribution is -2.40. The highest BCUT2D eigenvalue weighted by Gasteiger charge is 2.35. The first-order valence-corrected chi connectivity index (χ1v) is 6.45. The van der Waals surface area contributed by atoms with Gasteiger partial charge in [0.1, 0.15) is 0 Å². The molecule has 0 saturated carbocycles. The third-order valence-electron chi connectivity index (χ3n) is 2.25. The number of aryl methyl sites for hydroxylation is 1. The van der Waals surface area contributed by atoms with Gasteiger partial charge in [0.15, 0.2) is 0 Å². The molecule has 0 spiro atoms. The fourth-order valence-electron chi connectivity index (χ4n) is 1.52. The Morgan fingerprint density at radius 2 is 2.00 bits per heavy atom. The molecule has 0 fully saturated rings. The fourth-order valence-corrected chi connectivity index (χ4v) is 1.83. The molecule has 94 valence electrons. The molecule has 0 aliphatic heterocycles. The van der Waals surface area contributed by atoms with Crippen LogP contribution in [0.25, 0.3) is 0 Å². The Morgan fingerprint density at radius 3 is 2.47 bits per heavy atom. The molecule has 1 aromatic carbocycles. The van der Waals surface area contributed by atoms with Gasteiger partial charge in [0.05, 0.1) is 0 Å². The highest BCUT2D eigenvalue weighted by molar-refractivity contribution is 6.76. The van der Waals surface area contributed by atoms with Crippen LogP contribution in [0, 0.1) is 6.92 Å². The summed E-state index contributed by atoms with van der Waals surface area (Å²) in [5.41, 5.74) is 1.81. The smallest absolute Gasteiger partial charge is 0.279 e. The van der Waals surface area contributed by atoms with Gasteiger partial charge in [-0.2, -0.15) is 0 Å². The van der Waals surface area contributed by atoms with Crippen molar-refractivity contribution in [2.24, 2.45) is 0 Å². The van der Waals surface area contributed by atoms with Gasteiger partial charge >= 0.3 is 0 Å².